The molecule has 0 aromatic carbocycles. The largest absolute Gasteiger partial charge is 0.440 e. The molecule has 0 radical (unpaired) electrons. The third-order valence-corrected chi connectivity index (χ3v) is 2.43. The Kier molecular flexibility index (Phi) is 6.11. The summed E-state index contributed by atoms with van der Waals surface area (Å²) in [5.41, 5.74) is -2.70. The van der Waals surface area contributed by atoms with E-state index in [9.17, 15) is 52.7 Å². The average molecular weight is 392 g/mol. The van der Waals surface area contributed by atoms with Crippen LogP contribution in [0.1, 0.15) is 0 Å². The zero-order valence-corrected chi connectivity index (χ0v) is 10.9. The lowest BCUT2D eigenvalue weighted by Crippen LogP contribution is -2.67. The molecule has 0 saturated carbocycles. The molecule has 0 aliphatic carbocycles. The first kappa shape index (κ1) is 23.0. The van der Waals surface area contributed by atoms with Gasteiger partial charge in [0.2, 0.25) is 0 Å². The summed E-state index contributed by atoms with van der Waals surface area (Å²) in [6.45, 7) is -4.05. The SMILES string of the molecule is NC(OCCOC(N)(C(F)(F)F)C(F)(F)F)(C(F)(F)F)C(F)(F)F. The quantitative estimate of drug-likeness (QED) is 0.429. The van der Waals surface area contributed by atoms with Crippen molar-refractivity contribution in [2.45, 2.75) is 36.2 Å². The van der Waals surface area contributed by atoms with Crippen LogP contribution in [-0.4, -0.2) is 49.4 Å². The highest BCUT2D eigenvalue weighted by Crippen LogP contribution is 2.43. The van der Waals surface area contributed by atoms with E-state index < -0.39 is 49.4 Å². The molecule has 24 heavy (non-hydrogen) atoms. The van der Waals surface area contributed by atoms with Crippen molar-refractivity contribution in [3.63, 3.8) is 0 Å². The first-order valence-electron chi connectivity index (χ1n) is 5.33. The van der Waals surface area contributed by atoms with E-state index >= 15 is 0 Å². The number of alkyl halides is 12. The molecule has 0 rings (SSSR count). The standard InChI is InChI=1S/C8H8F12N2O2/c9-5(10,11)3(21,6(12,13)14)23-1-2-24-4(22,7(15,16)17)8(18,19)20/h1-2,21-22H2. The molecule has 0 atom stereocenters. The second kappa shape index (κ2) is 6.38. The van der Waals surface area contributed by atoms with Gasteiger partial charge in [0.1, 0.15) is 0 Å². The number of nitrogens with two attached hydrogens (primary N) is 2. The molecule has 0 bridgehead atoms. The van der Waals surface area contributed by atoms with Gasteiger partial charge in [-0.15, -0.1) is 0 Å². The molecule has 0 aliphatic rings. The molecule has 0 aromatic rings. The molecule has 16 heteroatoms. The summed E-state index contributed by atoms with van der Waals surface area (Å²) in [4.78, 5) is 0. The van der Waals surface area contributed by atoms with Crippen LogP contribution in [0.5, 0.6) is 0 Å². The molecule has 0 aromatic heterocycles. The molecule has 0 saturated heterocycles. The summed E-state index contributed by atoms with van der Waals surface area (Å²) in [5, 5.41) is 0. The van der Waals surface area contributed by atoms with Crippen molar-refractivity contribution < 1.29 is 62.2 Å². The van der Waals surface area contributed by atoms with Crippen molar-refractivity contribution in [2.75, 3.05) is 13.2 Å². The van der Waals surface area contributed by atoms with Crippen LogP contribution in [0.15, 0.2) is 0 Å². The van der Waals surface area contributed by atoms with Crippen molar-refractivity contribution in [3.8, 4) is 0 Å². The first-order valence-corrected chi connectivity index (χ1v) is 5.33. The maximum atomic E-state index is 12.2. The Morgan fingerprint density at radius 1 is 0.458 bits per heavy atom. The molecule has 0 aliphatic heterocycles. The predicted molar refractivity (Wildman–Crippen MR) is 50.0 cm³/mol. The van der Waals surface area contributed by atoms with Crippen LogP contribution in [0.4, 0.5) is 52.7 Å². The highest BCUT2D eigenvalue weighted by Gasteiger charge is 2.72. The van der Waals surface area contributed by atoms with E-state index in [1.807, 2.05) is 0 Å². The third kappa shape index (κ3) is 4.34. The zero-order chi connectivity index (χ0) is 19.8. The second-order valence-electron chi connectivity index (χ2n) is 4.16. The second-order valence-corrected chi connectivity index (χ2v) is 4.16. The molecule has 0 amide bonds. The lowest BCUT2D eigenvalue weighted by atomic mass is 10.2. The molecule has 4 N–H and O–H groups in total. The minimum atomic E-state index is -6.26. The fourth-order valence-electron chi connectivity index (χ4n) is 1.05. The van der Waals surface area contributed by atoms with Gasteiger partial charge in [0.25, 0.3) is 0 Å². The smallest absolute Gasteiger partial charge is 0.343 e. The predicted octanol–water partition coefficient (Wildman–Crippen LogP) is 2.58. The first-order chi connectivity index (χ1) is 10.2. The van der Waals surface area contributed by atoms with Crippen LogP contribution in [0.3, 0.4) is 0 Å². The Labute approximate surface area is 124 Å². The monoisotopic (exact) mass is 392 g/mol. The number of ether oxygens (including phenoxy) is 2. The van der Waals surface area contributed by atoms with Crippen molar-refractivity contribution >= 4 is 0 Å². The third-order valence-electron chi connectivity index (χ3n) is 2.43. The van der Waals surface area contributed by atoms with Crippen LogP contribution in [0.25, 0.3) is 0 Å². The fourth-order valence-corrected chi connectivity index (χ4v) is 1.05. The van der Waals surface area contributed by atoms with Gasteiger partial charge < -0.3 is 9.47 Å². The molecule has 0 heterocycles. The van der Waals surface area contributed by atoms with Gasteiger partial charge in [0, 0.05) is 0 Å². The fraction of sp³-hybridized carbons (Fsp3) is 1.00. The number of rotatable bonds is 5. The molecular formula is C8H8F12N2O2. The lowest BCUT2D eigenvalue weighted by Gasteiger charge is -2.35. The van der Waals surface area contributed by atoms with E-state index in [2.05, 4.69) is 20.9 Å². The van der Waals surface area contributed by atoms with Crippen LogP contribution in [0, 0.1) is 0 Å². The summed E-state index contributed by atoms with van der Waals surface area (Å²) in [5.74, 6) is 0. The van der Waals surface area contributed by atoms with Crippen LogP contribution in [-0.2, 0) is 9.47 Å². The lowest BCUT2D eigenvalue weighted by molar-refractivity contribution is -0.395. The molecule has 146 valence electrons. The maximum Gasteiger partial charge on any atom is 0.440 e. The minimum Gasteiger partial charge on any atom is -0.343 e. The molecular weight excluding hydrogens is 384 g/mol. The van der Waals surface area contributed by atoms with Gasteiger partial charge in [-0.2, -0.15) is 52.7 Å². The summed E-state index contributed by atoms with van der Waals surface area (Å²) < 4.78 is 153. The summed E-state index contributed by atoms with van der Waals surface area (Å²) >= 11 is 0. The summed E-state index contributed by atoms with van der Waals surface area (Å²) in [7, 11) is 0. The number of halogens is 12. The summed E-state index contributed by atoms with van der Waals surface area (Å²) in [6.07, 6.45) is -25.1. The topological polar surface area (TPSA) is 70.5 Å². The van der Waals surface area contributed by atoms with Gasteiger partial charge in [-0.25, -0.2) is 0 Å². The van der Waals surface area contributed by atoms with E-state index in [1.54, 1.807) is 0 Å². The van der Waals surface area contributed by atoms with E-state index in [0.29, 0.717) is 0 Å². The zero-order valence-electron chi connectivity index (χ0n) is 10.9. The van der Waals surface area contributed by atoms with Crippen LogP contribution < -0.4 is 11.5 Å². The number of hydrogen-bond donors (Lipinski definition) is 2. The van der Waals surface area contributed by atoms with Gasteiger partial charge in [-0.05, 0) is 0 Å². The minimum absolute atomic E-state index is 2.03. The Hall–Kier alpha value is -1.00. The normalized spacial score (nSPS) is 15.8. The van der Waals surface area contributed by atoms with Crippen molar-refractivity contribution in [2.24, 2.45) is 11.5 Å². The highest BCUT2D eigenvalue weighted by molar-refractivity contribution is 4.91. The van der Waals surface area contributed by atoms with Gasteiger partial charge in [-0.1, -0.05) is 0 Å². The Bertz CT molecular complexity index is 355. The average Bonchev–Trinajstić information content (AvgIpc) is 2.28. The molecule has 0 spiro atoms. The highest BCUT2D eigenvalue weighted by atomic mass is 19.4. The Balaban J connectivity index is 5.11. The van der Waals surface area contributed by atoms with Crippen molar-refractivity contribution in [1.82, 2.24) is 0 Å². The molecule has 0 fully saturated rings. The Morgan fingerprint density at radius 3 is 0.750 bits per heavy atom. The van der Waals surface area contributed by atoms with Gasteiger partial charge >= 0.3 is 36.2 Å². The van der Waals surface area contributed by atoms with Crippen LogP contribution in [0.2, 0.25) is 0 Å². The van der Waals surface area contributed by atoms with Gasteiger partial charge in [0.15, 0.2) is 0 Å². The van der Waals surface area contributed by atoms with E-state index in [-0.39, 0.29) is 0 Å². The van der Waals surface area contributed by atoms with Crippen LogP contribution >= 0.6 is 0 Å². The van der Waals surface area contributed by atoms with E-state index in [4.69, 9.17) is 0 Å². The molecule has 0 unspecified atom stereocenters. The Morgan fingerprint density at radius 2 is 0.625 bits per heavy atom. The number of hydrogen-bond acceptors (Lipinski definition) is 4. The van der Waals surface area contributed by atoms with Gasteiger partial charge in [0.05, 0.1) is 13.2 Å². The van der Waals surface area contributed by atoms with Gasteiger partial charge in [-0.3, -0.25) is 11.5 Å². The van der Waals surface area contributed by atoms with Crippen molar-refractivity contribution in [3.05, 3.63) is 0 Å². The van der Waals surface area contributed by atoms with E-state index in [1.165, 1.54) is 0 Å². The summed E-state index contributed by atoms with van der Waals surface area (Å²) in [6, 6.07) is 0. The maximum absolute atomic E-state index is 12.2. The molecule has 4 nitrogen and oxygen atoms in total. The van der Waals surface area contributed by atoms with E-state index in [0.717, 1.165) is 0 Å². The van der Waals surface area contributed by atoms with Crippen molar-refractivity contribution in [1.29, 1.82) is 0 Å².